The van der Waals surface area contributed by atoms with Crippen LogP contribution >= 0.6 is 0 Å². The molecule has 6 nitrogen and oxygen atoms in total. The number of esters is 1. The van der Waals surface area contributed by atoms with Gasteiger partial charge in [-0.3, -0.25) is 4.79 Å². The van der Waals surface area contributed by atoms with Gasteiger partial charge < -0.3 is 10.5 Å². The van der Waals surface area contributed by atoms with Crippen molar-refractivity contribution in [1.82, 2.24) is 14.8 Å². The minimum Gasteiger partial charge on any atom is -0.464 e. The summed E-state index contributed by atoms with van der Waals surface area (Å²) in [7, 11) is 0. The molecule has 2 rings (SSSR count). The molecule has 1 fully saturated rings. The van der Waals surface area contributed by atoms with Gasteiger partial charge in [-0.2, -0.15) is 0 Å². The second-order valence-corrected chi connectivity index (χ2v) is 4.49. The molecule has 0 aromatic carbocycles. The highest BCUT2D eigenvalue weighted by Crippen LogP contribution is 2.23. The molecule has 94 valence electrons. The largest absolute Gasteiger partial charge is 0.464 e. The van der Waals surface area contributed by atoms with Crippen LogP contribution in [0.4, 0.5) is 5.95 Å². The molecule has 1 heterocycles. The lowest BCUT2D eigenvalue weighted by Crippen LogP contribution is -2.20. The van der Waals surface area contributed by atoms with E-state index in [0.29, 0.717) is 12.5 Å². The Morgan fingerprint density at radius 1 is 1.47 bits per heavy atom. The summed E-state index contributed by atoms with van der Waals surface area (Å²) in [6, 6.07) is 0. The molecule has 0 bridgehead atoms. The topological polar surface area (TPSA) is 83.0 Å². The number of nitrogens with two attached hydrogens (primary N) is 1. The van der Waals surface area contributed by atoms with E-state index in [1.165, 1.54) is 43.1 Å². The predicted molar refractivity (Wildman–Crippen MR) is 62.0 cm³/mol. The van der Waals surface area contributed by atoms with E-state index in [9.17, 15) is 4.79 Å². The van der Waals surface area contributed by atoms with E-state index in [1.807, 2.05) is 0 Å². The summed E-state index contributed by atoms with van der Waals surface area (Å²) >= 11 is 0. The summed E-state index contributed by atoms with van der Waals surface area (Å²) in [6.07, 6.45) is 7.58. The van der Waals surface area contributed by atoms with Gasteiger partial charge in [-0.15, -0.1) is 5.10 Å². The van der Waals surface area contributed by atoms with Gasteiger partial charge in [0.15, 0.2) is 0 Å². The van der Waals surface area contributed by atoms with Crippen LogP contribution in [-0.4, -0.2) is 27.3 Å². The molecule has 0 aliphatic heterocycles. The molecule has 1 aliphatic carbocycles. The Morgan fingerprint density at radius 2 is 2.24 bits per heavy atom. The van der Waals surface area contributed by atoms with Crippen LogP contribution in [0.3, 0.4) is 0 Å². The molecule has 0 radical (unpaired) electrons. The Morgan fingerprint density at radius 3 is 2.88 bits per heavy atom. The third kappa shape index (κ3) is 3.72. The van der Waals surface area contributed by atoms with Crippen molar-refractivity contribution < 1.29 is 9.53 Å². The number of carbonyl (C=O) groups is 1. The molecule has 17 heavy (non-hydrogen) atoms. The van der Waals surface area contributed by atoms with E-state index in [0.717, 1.165) is 0 Å². The van der Waals surface area contributed by atoms with Crippen molar-refractivity contribution in [3.63, 3.8) is 0 Å². The van der Waals surface area contributed by atoms with Crippen LogP contribution in [0.2, 0.25) is 0 Å². The predicted octanol–water partition coefficient (Wildman–Crippen LogP) is 0.984. The van der Waals surface area contributed by atoms with Crippen LogP contribution in [0.1, 0.15) is 32.1 Å². The van der Waals surface area contributed by atoms with Gasteiger partial charge >= 0.3 is 5.97 Å². The minimum absolute atomic E-state index is 0.0803. The number of rotatable bonds is 4. The molecule has 0 unspecified atom stereocenters. The summed E-state index contributed by atoms with van der Waals surface area (Å²) in [5.41, 5.74) is 5.35. The first-order valence-electron chi connectivity index (χ1n) is 6.04. The highest BCUT2D eigenvalue weighted by Gasteiger charge is 2.15. The van der Waals surface area contributed by atoms with E-state index < -0.39 is 0 Å². The summed E-state index contributed by atoms with van der Waals surface area (Å²) in [6.45, 7) is 0.611. The van der Waals surface area contributed by atoms with Crippen LogP contribution in [-0.2, 0) is 16.1 Å². The lowest BCUT2D eigenvalue weighted by Gasteiger charge is -2.20. The average molecular weight is 238 g/mol. The molecular formula is C11H18N4O2. The SMILES string of the molecule is Nc1ncn(CC(=O)OCC2CCCCC2)n1. The summed E-state index contributed by atoms with van der Waals surface area (Å²) < 4.78 is 6.61. The quantitative estimate of drug-likeness (QED) is 0.791. The molecule has 6 heteroatoms. The molecule has 0 atom stereocenters. The van der Waals surface area contributed by atoms with Crippen molar-refractivity contribution in [3.05, 3.63) is 6.33 Å². The standard InChI is InChI=1S/C11H18N4O2/c12-11-13-8-15(14-11)6-10(16)17-7-9-4-2-1-3-5-9/h8-9H,1-7H2,(H2,12,14). The van der Waals surface area contributed by atoms with Crippen molar-refractivity contribution >= 4 is 11.9 Å². The first-order valence-corrected chi connectivity index (χ1v) is 6.04. The summed E-state index contributed by atoms with van der Waals surface area (Å²) in [4.78, 5) is 15.3. The first kappa shape index (κ1) is 11.9. The van der Waals surface area contributed by atoms with Crippen LogP contribution < -0.4 is 5.73 Å². The van der Waals surface area contributed by atoms with Crippen molar-refractivity contribution in [2.24, 2.45) is 5.92 Å². The molecule has 0 spiro atoms. The van der Waals surface area contributed by atoms with E-state index in [1.54, 1.807) is 0 Å². The molecule has 1 aliphatic rings. The maximum atomic E-state index is 11.5. The maximum absolute atomic E-state index is 11.5. The van der Waals surface area contributed by atoms with Gasteiger partial charge in [0.2, 0.25) is 5.95 Å². The van der Waals surface area contributed by atoms with Gasteiger partial charge in [-0.05, 0) is 18.8 Å². The van der Waals surface area contributed by atoms with E-state index in [2.05, 4.69) is 10.1 Å². The van der Waals surface area contributed by atoms with Gasteiger partial charge in [-0.25, -0.2) is 9.67 Å². The highest BCUT2D eigenvalue weighted by molar-refractivity contribution is 5.69. The van der Waals surface area contributed by atoms with Gasteiger partial charge in [0.25, 0.3) is 0 Å². The van der Waals surface area contributed by atoms with Gasteiger partial charge in [-0.1, -0.05) is 19.3 Å². The van der Waals surface area contributed by atoms with Crippen molar-refractivity contribution in [2.75, 3.05) is 12.3 Å². The minimum atomic E-state index is -0.277. The van der Waals surface area contributed by atoms with E-state index >= 15 is 0 Å². The number of hydrogen-bond acceptors (Lipinski definition) is 5. The normalized spacial score (nSPS) is 16.9. The van der Waals surface area contributed by atoms with E-state index in [4.69, 9.17) is 10.5 Å². The number of aromatic nitrogens is 3. The Hall–Kier alpha value is -1.59. The van der Waals surface area contributed by atoms with Crippen molar-refractivity contribution in [1.29, 1.82) is 0 Å². The fourth-order valence-corrected chi connectivity index (χ4v) is 2.13. The maximum Gasteiger partial charge on any atom is 0.327 e. The van der Waals surface area contributed by atoms with Gasteiger partial charge in [0.1, 0.15) is 12.9 Å². The van der Waals surface area contributed by atoms with Crippen LogP contribution in [0, 0.1) is 5.92 Å². The third-order valence-electron chi connectivity index (χ3n) is 3.05. The first-order chi connectivity index (χ1) is 8.24. The number of carbonyl (C=O) groups excluding carboxylic acids is 1. The Bertz CT molecular complexity index is 371. The number of nitrogens with zero attached hydrogens (tertiary/aromatic N) is 3. The van der Waals surface area contributed by atoms with Gasteiger partial charge in [0.05, 0.1) is 6.61 Å². The Balaban J connectivity index is 1.70. The van der Waals surface area contributed by atoms with Crippen molar-refractivity contribution in [2.45, 2.75) is 38.6 Å². The van der Waals surface area contributed by atoms with Crippen LogP contribution in [0.5, 0.6) is 0 Å². The summed E-state index contributed by atoms with van der Waals surface area (Å²) in [5.74, 6) is 0.430. The molecule has 0 saturated heterocycles. The zero-order valence-corrected chi connectivity index (χ0v) is 9.84. The Kier molecular flexibility index (Phi) is 3.95. The average Bonchev–Trinajstić information content (AvgIpc) is 2.73. The second-order valence-electron chi connectivity index (χ2n) is 4.49. The van der Waals surface area contributed by atoms with Crippen molar-refractivity contribution in [3.8, 4) is 0 Å². The fraction of sp³-hybridized carbons (Fsp3) is 0.727. The smallest absolute Gasteiger partial charge is 0.327 e. The molecule has 2 N–H and O–H groups in total. The number of anilines is 1. The molecule has 1 saturated carbocycles. The molecular weight excluding hydrogens is 220 g/mol. The lowest BCUT2D eigenvalue weighted by atomic mass is 9.90. The highest BCUT2D eigenvalue weighted by atomic mass is 16.5. The van der Waals surface area contributed by atoms with Gasteiger partial charge in [0, 0.05) is 0 Å². The molecule has 1 aromatic rings. The monoisotopic (exact) mass is 238 g/mol. The third-order valence-corrected chi connectivity index (χ3v) is 3.05. The molecule has 1 aromatic heterocycles. The summed E-state index contributed by atoms with van der Waals surface area (Å²) in [5, 5.41) is 3.83. The number of ether oxygens (including phenoxy) is 1. The second kappa shape index (κ2) is 5.65. The van der Waals surface area contributed by atoms with E-state index in [-0.39, 0.29) is 18.5 Å². The lowest BCUT2D eigenvalue weighted by molar-refractivity contribution is -0.146. The zero-order chi connectivity index (χ0) is 12.1. The van der Waals surface area contributed by atoms with Crippen LogP contribution in [0.15, 0.2) is 6.33 Å². The Labute approximate surface area is 100 Å². The fourth-order valence-electron chi connectivity index (χ4n) is 2.13. The van der Waals surface area contributed by atoms with Crippen LogP contribution in [0.25, 0.3) is 0 Å². The number of hydrogen-bond donors (Lipinski definition) is 1. The number of nitrogen functional groups attached to an aromatic ring is 1. The zero-order valence-electron chi connectivity index (χ0n) is 9.84. The molecule has 0 amide bonds.